The van der Waals surface area contributed by atoms with Gasteiger partial charge >= 0.3 is 0 Å². The Balaban J connectivity index is 1.48. The molecule has 0 aromatic heterocycles. The zero-order valence-electron chi connectivity index (χ0n) is 16.5. The minimum Gasteiger partial charge on any atom is -0.494 e. The van der Waals surface area contributed by atoms with Crippen molar-refractivity contribution < 1.29 is 18.6 Å². The average molecular weight is 388 g/mol. The molecule has 2 aromatic rings. The highest BCUT2D eigenvalue weighted by molar-refractivity contribution is 5.64. The van der Waals surface area contributed by atoms with E-state index >= 15 is 0 Å². The van der Waals surface area contributed by atoms with E-state index in [2.05, 4.69) is 6.92 Å². The van der Waals surface area contributed by atoms with Crippen molar-refractivity contribution in [1.29, 1.82) is 0 Å². The number of hydrogen-bond acceptors (Lipinski definition) is 2. The molecule has 1 aliphatic carbocycles. The minimum absolute atomic E-state index is 0.473. The van der Waals surface area contributed by atoms with Crippen LogP contribution in [0.15, 0.2) is 48.5 Å². The predicted molar refractivity (Wildman–Crippen MR) is 109 cm³/mol. The molecule has 0 unspecified atom stereocenters. The Bertz CT molecular complexity index is 725. The first-order chi connectivity index (χ1) is 13.6. The molecule has 1 N–H and O–H groups in total. The minimum atomic E-state index is -2.79. The molecule has 0 spiro atoms. The highest BCUT2D eigenvalue weighted by atomic mass is 19.3. The van der Waals surface area contributed by atoms with Gasteiger partial charge in [0, 0.05) is 0 Å². The number of hydrogen-bond donors (Lipinski definition) is 1. The van der Waals surface area contributed by atoms with E-state index in [1.54, 1.807) is 12.1 Å². The maximum Gasteiger partial charge on any atom is 0.261 e. The summed E-state index contributed by atoms with van der Waals surface area (Å²) in [6.07, 6.45) is 7.45. The number of alkyl halides is 2. The molecule has 152 valence electrons. The van der Waals surface area contributed by atoms with E-state index in [4.69, 9.17) is 9.84 Å². The van der Waals surface area contributed by atoms with Gasteiger partial charge in [-0.3, -0.25) is 0 Å². The summed E-state index contributed by atoms with van der Waals surface area (Å²) >= 11 is 0. The van der Waals surface area contributed by atoms with E-state index in [-0.39, 0.29) is 0 Å². The van der Waals surface area contributed by atoms with Crippen LogP contribution in [0.4, 0.5) is 8.78 Å². The topological polar surface area (TPSA) is 29.5 Å². The Kier molecular flexibility index (Phi) is 7.06. The van der Waals surface area contributed by atoms with E-state index < -0.39 is 24.4 Å². The lowest BCUT2D eigenvalue weighted by atomic mass is 10.0. The lowest BCUT2D eigenvalue weighted by molar-refractivity contribution is 0.0785. The number of aliphatic hydroxyl groups is 1. The van der Waals surface area contributed by atoms with Gasteiger partial charge in [0.15, 0.2) is 0 Å². The highest BCUT2D eigenvalue weighted by Gasteiger charge is 2.68. The van der Waals surface area contributed by atoms with Crippen LogP contribution in [0.5, 0.6) is 5.75 Å². The fraction of sp³-hybridized carbons (Fsp3) is 0.500. The number of aliphatic hydroxyl groups excluding tert-OH is 1. The number of unbranched alkanes of at least 4 members (excludes halogenated alkanes) is 5. The van der Waals surface area contributed by atoms with Gasteiger partial charge in [-0.25, -0.2) is 8.78 Å². The van der Waals surface area contributed by atoms with Crippen LogP contribution in [0.3, 0.4) is 0 Å². The van der Waals surface area contributed by atoms with Crippen molar-refractivity contribution in [3.8, 4) is 16.9 Å². The highest BCUT2D eigenvalue weighted by Crippen LogP contribution is 2.61. The molecule has 3 rings (SSSR count). The summed E-state index contributed by atoms with van der Waals surface area (Å²) in [7, 11) is 0. The SMILES string of the molecule is CCCCCCCCOc1ccc(-c2ccc([C@H]3[C@H](CO)C3(F)F)cc2)cc1. The van der Waals surface area contributed by atoms with Crippen molar-refractivity contribution in [3.05, 3.63) is 54.1 Å². The molecular formula is C24H30F2O2. The number of rotatable bonds is 11. The molecule has 0 bridgehead atoms. The molecule has 2 atom stereocenters. The van der Waals surface area contributed by atoms with Gasteiger partial charge in [0.2, 0.25) is 0 Å². The first-order valence-corrected chi connectivity index (χ1v) is 10.4. The van der Waals surface area contributed by atoms with Crippen LogP contribution >= 0.6 is 0 Å². The molecule has 0 amide bonds. The number of ether oxygens (including phenoxy) is 1. The zero-order valence-corrected chi connectivity index (χ0v) is 16.5. The maximum atomic E-state index is 13.6. The molecule has 2 nitrogen and oxygen atoms in total. The first kappa shape index (κ1) is 20.8. The fourth-order valence-corrected chi connectivity index (χ4v) is 3.77. The Labute approximate surface area is 166 Å². The van der Waals surface area contributed by atoms with Crippen molar-refractivity contribution in [2.24, 2.45) is 5.92 Å². The van der Waals surface area contributed by atoms with Gasteiger partial charge in [-0.15, -0.1) is 0 Å². The van der Waals surface area contributed by atoms with Crippen molar-refractivity contribution in [2.75, 3.05) is 13.2 Å². The molecule has 0 saturated heterocycles. The maximum absolute atomic E-state index is 13.6. The van der Waals surface area contributed by atoms with Crippen molar-refractivity contribution in [3.63, 3.8) is 0 Å². The van der Waals surface area contributed by atoms with Crippen LogP contribution in [-0.2, 0) is 0 Å². The molecule has 2 aromatic carbocycles. The van der Waals surface area contributed by atoms with E-state index in [1.807, 2.05) is 36.4 Å². The summed E-state index contributed by atoms with van der Waals surface area (Å²) in [4.78, 5) is 0. The molecular weight excluding hydrogens is 358 g/mol. The average Bonchev–Trinajstić information content (AvgIpc) is 3.28. The van der Waals surface area contributed by atoms with Gasteiger partial charge < -0.3 is 9.84 Å². The summed E-state index contributed by atoms with van der Waals surface area (Å²) in [5.41, 5.74) is 2.60. The van der Waals surface area contributed by atoms with E-state index in [9.17, 15) is 8.78 Å². The van der Waals surface area contributed by atoms with Gasteiger partial charge in [0.25, 0.3) is 5.92 Å². The summed E-state index contributed by atoms with van der Waals surface area (Å²) in [5.74, 6) is -3.73. The van der Waals surface area contributed by atoms with Gasteiger partial charge in [-0.1, -0.05) is 75.4 Å². The van der Waals surface area contributed by atoms with Crippen molar-refractivity contribution in [2.45, 2.75) is 57.3 Å². The largest absolute Gasteiger partial charge is 0.494 e. The van der Waals surface area contributed by atoms with Crippen LogP contribution in [0.2, 0.25) is 0 Å². The van der Waals surface area contributed by atoms with Crippen LogP contribution < -0.4 is 4.74 Å². The lowest BCUT2D eigenvalue weighted by Crippen LogP contribution is -1.97. The number of benzene rings is 2. The van der Waals surface area contributed by atoms with Gasteiger partial charge in [0.05, 0.1) is 25.0 Å². The molecule has 1 fully saturated rings. The van der Waals surface area contributed by atoms with Gasteiger partial charge in [0.1, 0.15) is 5.75 Å². The second-order valence-electron chi connectivity index (χ2n) is 7.70. The smallest absolute Gasteiger partial charge is 0.261 e. The Morgan fingerprint density at radius 2 is 1.43 bits per heavy atom. The van der Waals surface area contributed by atoms with Crippen molar-refractivity contribution >= 4 is 0 Å². The van der Waals surface area contributed by atoms with Crippen LogP contribution in [0.25, 0.3) is 11.1 Å². The zero-order chi connectivity index (χ0) is 20.0. The van der Waals surface area contributed by atoms with Gasteiger partial charge in [-0.05, 0) is 35.2 Å². The Hall–Kier alpha value is -1.94. The monoisotopic (exact) mass is 388 g/mol. The van der Waals surface area contributed by atoms with E-state index in [0.717, 1.165) is 29.9 Å². The van der Waals surface area contributed by atoms with Crippen LogP contribution in [0.1, 0.15) is 56.9 Å². The Morgan fingerprint density at radius 1 is 0.857 bits per heavy atom. The molecule has 4 heteroatoms. The molecule has 1 saturated carbocycles. The van der Waals surface area contributed by atoms with Crippen LogP contribution in [-0.4, -0.2) is 24.2 Å². The summed E-state index contributed by atoms with van der Waals surface area (Å²) in [5, 5.41) is 9.07. The van der Waals surface area contributed by atoms with Gasteiger partial charge in [-0.2, -0.15) is 0 Å². The molecule has 28 heavy (non-hydrogen) atoms. The third-order valence-electron chi connectivity index (χ3n) is 5.62. The Morgan fingerprint density at radius 3 is 2.00 bits per heavy atom. The number of halogens is 2. The molecule has 0 heterocycles. The predicted octanol–water partition coefficient (Wildman–Crippen LogP) is 6.43. The van der Waals surface area contributed by atoms with E-state index in [1.165, 1.54) is 32.1 Å². The molecule has 1 aliphatic rings. The fourth-order valence-electron chi connectivity index (χ4n) is 3.77. The first-order valence-electron chi connectivity index (χ1n) is 10.4. The third-order valence-corrected chi connectivity index (χ3v) is 5.62. The summed E-state index contributed by atoms with van der Waals surface area (Å²) in [6.45, 7) is 2.49. The second kappa shape index (κ2) is 9.51. The summed E-state index contributed by atoms with van der Waals surface area (Å²) < 4.78 is 33.1. The molecule has 0 aliphatic heterocycles. The standard InChI is InChI=1S/C24H30F2O2/c1-2-3-4-5-6-7-16-28-21-14-12-19(13-15-21)18-8-10-20(11-9-18)23-22(17-27)24(23,25)26/h8-15,22-23,27H,2-7,16-17H2,1H3/t22-,23-/m0/s1. The third kappa shape index (κ3) is 4.91. The molecule has 0 radical (unpaired) electrons. The summed E-state index contributed by atoms with van der Waals surface area (Å²) in [6, 6.07) is 15.1. The normalized spacial score (nSPS) is 20.1. The van der Waals surface area contributed by atoms with Crippen LogP contribution in [0, 0.1) is 5.92 Å². The van der Waals surface area contributed by atoms with Crippen molar-refractivity contribution in [1.82, 2.24) is 0 Å². The lowest BCUT2D eigenvalue weighted by Gasteiger charge is -2.08. The van der Waals surface area contributed by atoms with E-state index in [0.29, 0.717) is 5.56 Å². The quantitative estimate of drug-likeness (QED) is 0.449. The second-order valence-corrected chi connectivity index (χ2v) is 7.70.